The van der Waals surface area contributed by atoms with E-state index in [2.05, 4.69) is 5.10 Å². The molecule has 0 radical (unpaired) electrons. The van der Waals surface area contributed by atoms with Crippen molar-refractivity contribution in [2.45, 2.75) is 6.92 Å². The number of hydrogen-bond donors (Lipinski definition) is 1. The second-order valence-corrected chi connectivity index (χ2v) is 4.11. The van der Waals surface area contributed by atoms with E-state index in [0.717, 1.165) is 0 Å². The Morgan fingerprint density at radius 3 is 2.72 bits per heavy atom. The molecular weight excluding hydrogens is 256 g/mol. The minimum absolute atomic E-state index is 0.0219. The van der Waals surface area contributed by atoms with Crippen molar-refractivity contribution in [1.82, 2.24) is 9.78 Å². The number of ether oxygens (including phenoxy) is 1. The van der Waals surface area contributed by atoms with Crippen molar-refractivity contribution >= 4 is 17.6 Å². The summed E-state index contributed by atoms with van der Waals surface area (Å²) in [5.74, 6) is -0.447. The molecule has 1 N–H and O–H groups in total. The van der Waals surface area contributed by atoms with E-state index in [-0.39, 0.29) is 5.69 Å². The molecule has 1 heterocycles. The van der Waals surface area contributed by atoms with Crippen molar-refractivity contribution in [2.24, 2.45) is 0 Å². The van der Waals surface area contributed by atoms with Gasteiger partial charge in [0, 0.05) is 11.8 Å². The molecule has 0 unspecified atom stereocenters. The summed E-state index contributed by atoms with van der Waals surface area (Å²) in [4.78, 5) is 10.9. The normalized spacial score (nSPS) is 10.4. The first-order chi connectivity index (χ1) is 8.52. The van der Waals surface area contributed by atoms with Crippen LogP contribution in [0.3, 0.4) is 0 Å². The molecule has 0 aliphatic carbocycles. The molecule has 6 heteroatoms. The first-order valence-electron chi connectivity index (χ1n) is 5.17. The minimum Gasteiger partial charge on any atom is -0.497 e. The lowest BCUT2D eigenvalue weighted by molar-refractivity contribution is 0.0690. The topological polar surface area (TPSA) is 64.4 Å². The highest BCUT2D eigenvalue weighted by atomic mass is 35.5. The van der Waals surface area contributed by atoms with Gasteiger partial charge in [-0.05, 0) is 25.1 Å². The van der Waals surface area contributed by atoms with E-state index in [1.807, 2.05) is 0 Å². The van der Waals surface area contributed by atoms with Gasteiger partial charge in [0.2, 0.25) is 0 Å². The number of halogens is 1. The molecular formula is C12H11ClN2O3. The van der Waals surface area contributed by atoms with Crippen molar-refractivity contribution in [3.8, 4) is 11.4 Å². The second-order valence-electron chi connectivity index (χ2n) is 3.71. The molecule has 0 bridgehead atoms. The van der Waals surface area contributed by atoms with Crippen LogP contribution in [-0.4, -0.2) is 28.0 Å². The van der Waals surface area contributed by atoms with E-state index in [0.29, 0.717) is 22.2 Å². The van der Waals surface area contributed by atoms with Gasteiger partial charge < -0.3 is 9.84 Å². The van der Waals surface area contributed by atoms with Gasteiger partial charge in [0.25, 0.3) is 0 Å². The molecule has 0 saturated carbocycles. The lowest BCUT2D eigenvalue weighted by Crippen LogP contribution is -2.03. The highest BCUT2D eigenvalue weighted by molar-refractivity contribution is 6.32. The zero-order valence-corrected chi connectivity index (χ0v) is 10.6. The van der Waals surface area contributed by atoms with Crippen LogP contribution in [0.25, 0.3) is 5.69 Å². The average molecular weight is 267 g/mol. The van der Waals surface area contributed by atoms with Crippen LogP contribution in [0.2, 0.25) is 5.02 Å². The number of methoxy groups -OCH3 is 1. The maximum atomic E-state index is 10.9. The Kier molecular flexibility index (Phi) is 3.25. The summed E-state index contributed by atoms with van der Waals surface area (Å²) in [6, 6.07) is 6.59. The van der Waals surface area contributed by atoms with Crippen LogP contribution in [0.4, 0.5) is 0 Å². The van der Waals surface area contributed by atoms with Crippen molar-refractivity contribution in [1.29, 1.82) is 0 Å². The molecule has 5 nitrogen and oxygen atoms in total. The van der Waals surface area contributed by atoms with Gasteiger partial charge in [-0.1, -0.05) is 11.6 Å². The van der Waals surface area contributed by atoms with Gasteiger partial charge in [0.15, 0.2) is 5.69 Å². The van der Waals surface area contributed by atoms with Crippen LogP contribution in [-0.2, 0) is 0 Å². The van der Waals surface area contributed by atoms with Crippen molar-refractivity contribution in [3.63, 3.8) is 0 Å². The van der Waals surface area contributed by atoms with Crippen LogP contribution in [0.5, 0.6) is 5.75 Å². The van der Waals surface area contributed by atoms with Crippen molar-refractivity contribution in [2.75, 3.05) is 7.11 Å². The maximum Gasteiger partial charge on any atom is 0.356 e. The largest absolute Gasteiger partial charge is 0.497 e. The van der Waals surface area contributed by atoms with E-state index in [4.69, 9.17) is 21.4 Å². The number of carboxylic acids is 1. The first kappa shape index (κ1) is 12.4. The average Bonchev–Trinajstić information content (AvgIpc) is 2.72. The lowest BCUT2D eigenvalue weighted by Gasteiger charge is -2.08. The van der Waals surface area contributed by atoms with Gasteiger partial charge in [0.05, 0.1) is 17.8 Å². The summed E-state index contributed by atoms with van der Waals surface area (Å²) in [6.07, 6.45) is 0. The van der Waals surface area contributed by atoms with E-state index in [1.165, 1.54) is 10.7 Å². The standard InChI is InChI=1S/C12H11ClN2O3/c1-7-5-10(12(16)17)14-15(7)11-6-8(18-2)3-4-9(11)13/h3-6H,1-2H3,(H,16,17). The molecule has 2 aromatic rings. The summed E-state index contributed by atoms with van der Waals surface area (Å²) < 4.78 is 6.59. The summed E-state index contributed by atoms with van der Waals surface area (Å²) in [5.41, 5.74) is 1.25. The molecule has 0 spiro atoms. The molecule has 0 atom stereocenters. The molecule has 94 valence electrons. The number of carboxylic acid groups (broad SMARTS) is 1. The number of hydrogen-bond acceptors (Lipinski definition) is 3. The predicted molar refractivity (Wildman–Crippen MR) is 66.8 cm³/mol. The molecule has 0 aliphatic rings. The fourth-order valence-corrected chi connectivity index (χ4v) is 1.80. The first-order valence-corrected chi connectivity index (χ1v) is 5.54. The molecule has 2 rings (SSSR count). The number of aromatic carboxylic acids is 1. The molecule has 0 fully saturated rings. The van der Waals surface area contributed by atoms with Crippen LogP contribution in [0, 0.1) is 6.92 Å². The highest BCUT2D eigenvalue weighted by Gasteiger charge is 2.14. The monoisotopic (exact) mass is 266 g/mol. The second kappa shape index (κ2) is 4.70. The van der Waals surface area contributed by atoms with Crippen molar-refractivity contribution < 1.29 is 14.6 Å². The number of carbonyl (C=O) groups is 1. The summed E-state index contributed by atoms with van der Waals surface area (Å²) in [6.45, 7) is 1.76. The zero-order chi connectivity index (χ0) is 13.3. The Labute approximate surface area is 109 Å². The quantitative estimate of drug-likeness (QED) is 0.927. The number of benzene rings is 1. The molecule has 18 heavy (non-hydrogen) atoms. The minimum atomic E-state index is -1.07. The smallest absolute Gasteiger partial charge is 0.356 e. The molecule has 1 aromatic carbocycles. The van der Waals surface area contributed by atoms with E-state index >= 15 is 0 Å². The van der Waals surface area contributed by atoms with Crippen LogP contribution >= 0.6 is 11.6 Å². The number of nitrogens with zero attached hydrogens (tertiary/aromatic N) is 2. The van der Waals surface area contributed by atoms with Gasteiger partial charge in [0.1, 0.15) is 5.75 Å². The molecule has 0 amide bonds. The van der Waals surface area contributed by atoms with Crippen LogP contribution < -0.4 is 4.74 Å². The van der Waals surface area contributed by atoms with Crippen molar-refractivity contribution in [3.05, 3.63) is 40.7 Å². The Morgan fingerprint density at radius 1 is 1.44 bits per heavy atom. The third-order valence-corrected chi connectivity index (χ3v) is 2.81. The number of aromatic nitrogens is 2. The van der Waals surface area contributed by atoms with E-state index in [9.17, 15) is 4.79 Å². The van der Waals surface area contributed by atoms with Gasteiger partial charge >= 0.3 is 5.97 Å². The van der Waals surface area contributed by atoms with E-state index < -0.39 is 5.97 Å². The van der Waals surface area contributed by atoms with Gasteiger partial charge in [-0.2, -0.15) is 5.10 Å². The zero-order valence-electron chi connectivity index (χ0n) is 9.85. The number of rotatable bonds is 3. The third-order valence-electron chi connectivity index (χ3n) is 2.49. The van der Waals surface area contributed by atoms with E-state index in [1.54, 1.807) is 32.2 Å². The highest BCUT2D eigenvalue weighted by Crippen LogP contribution is 2.26. The number of aryl methyl sites for hydroxylation is 1. The molecule has 1 aromatic heterocycles. The third kappa shape index (κ3) is 2.17. The fourth-order valence-electron chi connectivity index (χ4n) is 1.60. The fraction of sp³-hybridized carbons (Fsp3) is 0.167. The SMILES string of the molecule is COc1ccc(Cl)c(-n2nc(C(=O)O)cc2C)c1. The van der Waals surface area contributed by atoms with Gasteiger partial charge in [-0.25, -0.2) is 9.48 Å². The lowest BCUT2D eigenvalue weighted by atomic mass is 10.3. The Bertz CT molecular complexity index is 607. The summed E-state index contributed by atoms with van der Waals surface area (Å²) in [5, 5.41) is 13.4. The maximum absolute atomic E-state index is 10.9. The Morgan fingerprint density at radius 2 is 2.17 bits per heavy atom. The Hall–Kier alpha value is -2.01. The van der Waals surface area contributed by atoms with Crippen LogP contribution in [0.15, 0.2) is 24.3 Å². The molecule has 0 saturated heterocycles. The molecule has 0 aliphatic heterocycles. The van der Waals surface area contributed by atoms with Gasteiger partial charge in [-0.15, -0.1) is 0 Å². The Balaban J connectivity index is 2.57. The van der Waals surface area contributed by atoms with Crippen LogP contribution in [0.1, 0.15) is 16.2 Å². The summed E-state index contributed by atoms with van der Waals surface area (Å²) in [7, 11) is 1.55. The summed E-state index contributed by atoms with van der Waals surface area (Å²) >= 11 is 6.08. The predicted octanol–water partition coefficient (Wildman–Crippen LogP) is 2.54. The van der Waals surface area contributed by atoms with Gasteiger partial charge in [-0.3, -0.25) is 0 Å².